The van der Waals surface area contributed by atoms with Crippen LogP contribution in [0.4, 0.5) is 0 Å². The Kier molecular flexibility index (Phi) is 5.36. The van der Waals surface area contributed by atoms with Crippen LogP contribution in [0.5, 0.6) is 0 Å². The van der Waals surface area contributed by atoms with Gasteiger partial charge in [0.25, 0.3) is 11.5 Å². The fourth-order valence-electron chi connectivity index (χ4n) is 3.00. The molecule has 27 heavy (non-hydrogen) atoms. The molecule has 0 atom stereocenters. The van der Waals surface area contributed by atoms with E-state index in [9.17, 15) is 14.9 Å². The van der Waals surface area contributed by atoms with E-state index < -0.39 is 0 Å². The lowest BCUT2D eigenvalue weighted by Gasteiger charge is -2.10. The molecule has 0 aliphatic heterocycles. The molecule has 0 saturated carbocycles. The van der Waals surface area contributed by atoms with E-state index in [-0.39, 0.29) is 17.2 Å². The van der Waals surface area contributed by atoms with E-state index in [0.717, 1.165) is 19.3 Å². The van der Waals surface area contributed by atoms with Crippen LogP contribution in [0.2, 0.25) is 0 Å². The summed E-state index contributed by atoms with van der Waals surface area (Å²) in [6.07, 6.45) is 4.59. The van der Waals surface area contributed by atoms with Crippen LogP contribution in [0, 0.1) is 11.3 Å². The van der Waals surface area contributed by atoms with Crippen molar-refractivity contribution in [2.45, 2.75) is 26.2 Å². The third kappa shape index (κ3) is 3.60. The summed E-state index contributed by atoms with van der Waals surface area (Å²) in [6, 6.07) is 8.92. The van der Waals surface area contributed by atoms with Crippen molar-refractivity contribution >= 4 is 16.8 Å². The zero-order valence-electron chi connectivity index (χ0n) is 15.4. The first-order valence-electron chi connectivity index (χ1n) is 8.93. The van der Waals surface area contributed by atoms with Crippen LogP contribution >= 0.6 is 0 Å². The molecule has 0 aliphatic carbocycles. The predicted molar refractivity (Wildman–Crippen MR) is 103 cm³/mol. The number of nitrogens with zero attached hydrogens (tertiary/aromatic N) is 3. The highest BCUT2D eigenvalue weighted by Gasteiger charge is 2.17. The minimum absolute atomic E-state index is 0.194. The number of carbonyl (C=O) groups excluding carboxylic acids is 1. The number of carbonyl (C=O) groups is 1. The van der Waals surface area contributed by atoms with Crippen LogP contribution in [0.15, 0.2) is 35.3 Å². The van der Waals surface area contributed by atoms with Crippen molar-refractivity contribution in [1.82, 2.24) is 20.1 Å². The van der Waals surface area contributed by atoms with Gasteiger partial charge in [0.1, 0.15) is 11.8 Å². The average Bonchev–Trinajstić information content (AvgIpc) is 3.02. The van der Waals surface area contributed by atoms with Crippen LogP contribution in [0.3, 0.4) is 0 Å². The maximum atomic E-state index is 12.6. The molecule has 1 aromatic carbocycles. The summed E-state index contributed by atoms with van der Waals surface area (Å²) >= 11 is 0. The standard InChI is InChI=1S/C20H21N5O2/c1-3-4-5-9-22-19(26)17-10-15(16-12-23-25(2)20(16)27)14-8-6-7-13(11-21)18(14)24-17/h6-8,10,12,23H,3-5,9H2,1-2H3,(H,22,26). The molecule has 0 unspecified atom stereocenters. The number of aromatic amines is 1. The molecule has 3 aromatic rings. The fourth-order valence-corrected chi connectivity index (χ4v) is 3.00. The van der Waals surface area contributed by atoms with Crippen LogP contribution in [-0.4, -0.2) is 27.2 Å². The first-order valence-corrected chi connectivity index (χ1v) is 8.93. The van der Waals surface area contributed by atoms with Gasteiger partial charge in [-0.2, -0.15) is 5.26 Å². The third-order valence-electron chi connectivity index (χ3n) is 4.49. The number of H-pyrrole nitrogens is 1. The van der Waals surface area contributed by atoms with Crippen molar-refractivity contribution in [2.75, 3.05) is 6.54 Å². The van der Waals surface area contributed by atoms with Gasteiger partial charge in [0.05, 0.1) is 16.6 Å². The van der Waals surface area contributed by atoms with Gasteiger partial charge in [-0.1, -0.05) is 31.9 Å². The van der Waals surface area contributed by atoms with Crippen molar-refractivity contribution < 1.29 is 4.79 Å². The minimum Gasteiger partial charge on any atom is -0.351 e. The Morgan fingerprint density at radius 1 is 1.33 bits per heavy atom. The number of pyridine rings is 1. The SMILES string of the molecule is CCCCCNC(=O)c1cc(-c2c[nH]n(C)c2=O)c2cccc(C#N)c2n1. The normalized spacial score (nSPS) is 10.7. The Hall–Kier alpha value is -3.40. The second-order valence-electron chi connectivity index (χ2n) is 6.38. The summed E-state index contributed by atoms with van der Waals surface area (Å²) in [4.78, 5) is 29.4. The van der Waals surface area contributed by atoms with Crippen molar-refractivity contribution in [2.24, 2.45) is 7.05 Å². The number of para-hydroxylation sites is 1. The number of aryl methyl sites for hydroxylation is 1. The number of hydrogen-bond acceptors (Lipinski definition) is 4. The monoisotopic (exact) mass is 363 g/mol. The van der Waals surface area contributed by atoms with Crippen LogP contribution < -0.4 is 10.9 Å². The van der Waals surface area contributed by atoms with Crippen molar-refractivity contribution in [3.8, 4) is 17.2 Å². The van der Waals surface area contributed by atoms with E-state index in [1.807, 2.05) is 0 Å². The second-order valence-corrected chi connectivity index (χ2v) is 6.38. The maximum absolute atomic E-state index is 12.6. The summed E-state index contributed by atoms with van der Waals surface area (Å²) in [5.41, 5.74) is 1.78. The van der Waals surface area contributed by atoms with Crippen molar-refractivity contribution in [3.05, 3.63) is 52.1 Å². The molecule has 2 aromatic heterocycles. The quantitative estimate of drug-likeness (QED) is 0.657. The number of hydrogen-bond donors (Lipinski definition) is 2. The fraction of sp³-hybridized carbons (Fsp3) is 0.300. The molecule has 1 amide bonds. The lowest BCUT2D eigenvalue weighted by atomic mass is 10.00. The lowest BCUT2D eigenvalue weighted by Crippen LogP contribution is -2.25. The Morgan fingerprint density at radius 3 is 2.81 bits per heavy atom. The van der Waals surface area contributed by atoms with E-state index in [4.69, 9.17) is 0 Å². The molecule has 0 aliphatic rings. The van der Waals surface area contributed by atoms with Crippen molar-refractivity contribution in [1.29, 1.82) is 5.26 Å². The van der Waals surface area contributed by atoms with E-state index in [1.165, 1.54) is 4.68 Å². The summed E-state index contributed by atoms with van der Waals surface area (Å²) < 4.78 is 1.36. The Bertz CT molecular complexity index is 1090. The van der Waals surface area contributed by atoms with Gasteiger partial charge >= 0.3 is 0 Å². The number of nitriles is 1. The van der Waals surface area contributed by atoms with Crippen LogP contribution in [0.1, 0.15) is 42.2 Å². The lowest BCUT2D eigenvalue weighted by molar-refractivity contribution is 0.0948. The van der Waals surface area contributed by atoms with Gasteiger partial charge in [-0.25, -0.2) is 4.98 Å². The topological polar surface area (TPSA) is 104 Å². The largest absolute Gasteiger partial charge is 0.351 e. The molecule has 2 N–H and O–H groups in total. The third-order valence-corrected chi connectivity index (χ3v) is 4.49. The highest BCUT2D eigenvalue weighted by atomic mass is 16.2. The molecule has 138 valence electrons. The highest BCUT2D eigenvalue weighted by Crippen LogP contribution is 2.28. The number of nitrogens with one attached hydrogen (secondary N) is 2. The van der Waals surface area contributed by atoms with Gasteiger partial charge < -0.3 is 10.4 Å². The summed E-state index contributed by atoms with van der Waals surface area (Å²) in [5.74, 6) is -0.311. The van der Waals surface area contributed by atoms with E-state index in [0.29, 0.717) is 34.1 Å². The molecule has 0 bridgehead atoms. The number of aromatic nitrogens is 3. The van der Waals surface area contributed by atoms with Crippen molar-refractivity contribution in [3.63, 3.8) is 0 Å². The molecule has 7 heteroatoms. The second kappa shape index (κ2) is 7.87. The highest BCUT2D eigenvalue weighted by molar-refractivity contribution is 6.02. The average molecular weight is 363 g/mol. The predicted octanol–water partition coefficient (Wildman–Crippen LogP) is 2.72. The molecular formula is C20H21N5O2. The number of rotatable bonds is 6. The number of fused-ring (bicyclic) bond motifs is 1. The smallest absolute Gasteiger partial charge is 0.274 e. The Balaban J connectivity index is 2.13. The molecule has 0 radical (unpaired) electrons. The van der Waals surface area contributed by atoms with Gasteiger partial charge in [-0.3, -0.25) is 14.3 Å². The zero-order valence-corrected chi connectivity index (χ0v) is 15.4. The number of benzene rings is 1. The van der Waals surface area contributed by atoms with Gasteiger partial charge in [0.15, 0.2) is 0 Å². The summed E-state index contributed by atoms with van der Waals surface area (Å²) in [7, 11) is 1.62. The molecule has 0 saturated heterocycles. The van der Waals surface area contributed by atoms with Gasteiger partial charge in [-0.05, 0) is 18.6 Å². The number of amides is 1. The van der Waals surface area contributed by atoms with Gasteiger partial charge in [0.2, 0.25) is 0 Å². The summed E-state index contributed by atoms with van der Waals surface area (Å²) in [5, 5.41) is 15.8. The maximum Gasteiger partial charge on any atom is 0.274 e. The molecule has 3 rings (SSSR count). The number of unbranched alkanes of at least 4 members (excludes halogenated alkanes) is 2. The molecule has 7 nitrogen and oxygen atoms in total. The molecular weight excluding hydrogens is 342 g/mol. The van der Waals surface area contributed by atoms with E-state index >= 15 is 0 Å². The first-order chi connectivity index (χ1) is 13.1. The van der Waals surface area contributed by atoms with Crippen LogP contribution in [-0.2, 0) is 7.05 Å². The Morgan fingerprint density at radius 2 is 2.15 bits per heavy atom. The molecule has 2 heterocycles. The minimum atomic E-state index is -0.311. The zero-order chi connectivity index (χ0) is 19.4. The summed E-state index contributed by atoms with van der Waals surface area (Å²) in [6.45, 7) is 2.66. The van der Waals surface area contributed by atoms with E-state index in [1.54, 1.807) is 37.5 Å². The Labute approximate surface area is 156 Å². The molecule has 0 fully saturated rings. The van der Waals surface area contributed by atoms with Gasteiger partial charge in [-0.15, -0.1) is 0 Å². The molecule has 0 spiro atoms. The van der Waals surface area contributed by atoms with E-state index in [2.05, 4.69) is 28.4 Å². The van der Waals surface area contributed by atoms with Crippen LogP contribution in [0.25, 0.3) is 22.0 Å². The first kappa shape index (κ1) is 18.4. The van der Waals surface area contributed by atoms with Gasteiger partial charge in [0, 0.05) is 30.7 Å².